The summed E-state index contributed by atoms with van der Waals surface area (Å²) in [5.41, 5.74) is 2.24. The van der Waals surface area contributed by atoms with Crippen molar-refractivity contribution in [2.75, 3.05) is 6.54 Å². The molecule has 2 aromatic heterocycles. The van der Waals surface area contributed by atoms with Gasteiger partial charge in [-0.05, 0) is 20.4 Å². The minimum absolute atomic E-state index is 0.106. The third kappa shape index (κ3) is 3.27. The zero-order valence-corrected chi connectivity index (χ0v) is 14.7. The van der Waals surface area contributed by atoms with Crippen molar-refractivity contribution in [3.8, 4) is 10.7 Å². The first-order valence-corrected chi connectivity index (χ1v) is 8.69. The van der Waals surface area contributed by atoms with Crippen LogP contribution in [-0.4, -0.2) is 16.5 Å². The van der Waals surface area contributed by atoms with Crippen molar-refractivity contribution in [3.05, 3.63) is 21.0 Å². The maximum absolute atomic E-state index is 4.76. The van der Waals surface area contributed by atoms with E-state index in [9.17, 15) is 0 Å². The van der Waals surface area contributed by atoms with E-state index >= 15 is 0 Å². The molecule has 5 heteroatoms. The highest BCUT2D eigenvalue weighted by atomic mass is 32.1. The molecule has 2 rings (SSSR count). The third-order valence-corrected chi connectivity index (χ3v) is 5.73. The van der Waals surface area contributed by atoms with Gasteiger partial charge in [-0.25, -0.2) is 9.97 Å². The van der Waals surface area contributed by atoms with Crippen LogP contribution in [0.3, 0.4) is 0 Å². The predicted molar refractivity (Wildman–Crippen MR) is 88.8 cm³/mol. The number of thiazole rings is 2. The number of hydrogen-bond donors (Lipinski definition) is 1. The molecular weight excluding hydrogens is 286 g/mol. The monoisotopic (exact) mass is 309 g/mol. The zero-order valence-electron chi connectivity index (χ0n) is 13.1. The largest absolute Gasteiger partial charge is 0.310 e. The molecule has 0 amide bonds. The van der Waals surface area contributed by atoms with Gasteiger partial charge in [0.1, 0.15) is 10.7 Å². The average molecular weight is 310 g/mol. The molecule has 110 valence electrons. The molecular formula is C15H23N3S2. The van der Waals surface area contributed by atoms with Crippen LogP contribution in [0.4, 0.5) is 0 Å². The summed E-state index contributed by atoms with van der Waals surface area (Å²) in [6, 6.07) is 0.354. The topological polar surface area (TPSA) is 37.8 Å². The Morgan fingerprint density at radius 2 is 2.00 bits per heavy atom. The van der Waals surface area contributed by atoms with Gasteiger partial charge in [-0.3, -0.25) is 0 Å². The van der Waals surface area contributed by atoms with Gasteiger partial charge >= 0.3 is 0 Å². The second-order valence-corrected chi connectivity index (χ2v) is 7.92. The second-order valence-electron chi connectivity index (χ2n) is 6.04. The van der Waals surface area contributed by atoms with Gasteiger partial charge < -0.3 is 5.32 Å². The highest BCUT2D eigenvalue weighted by molar-refractivity contribution is 7.16. The van der Waals surface area contributed by atoms with E-state index in [4.69, 9.17) is 9.97 Å². The molecule has 0 radical (unpaired) electrons. The van der Waals surface area contributed by atoms with E-state index in [0.717, 1.165) is 22.9 Å². The van der Waals surface area contributed by atoms with Crippen LogP contribution in [0.1, 0.15) is 56.2 Å². The minimum Gasteiger partial charge on any atom is -0.310 e. The Kier molecular flexibility index (Phi) is 4.62. The lowest BCUT2D eigenvalue weighted by molar-refractivity contribution is 0.586. The zero-order chi connectivity index (χ0) is 14.9. The van der Waals surface area contributed by atoms with Crippen LogP contribution in [0.5, 0.6) is 0 Å². The average Bonchev–Trinajstić information content (AvgIpc) is 2.94. The summed E-state index contributed by atoms with van der Waals surface area (Å²) in [5, 5.41) is 7.78. The Morgan fingerprint density at radius 1 is 1.30 bits per heavy atom. The van der Waals surface area contributed by atoms with Crippen LogP contribution in [-0.2, 0) is 5.41 Å². The van der Waals surface area contributed by atoms with Crippen LogP contribution < -0.4 is 5.32 Å². The highest BCUT2D eigenvalue weighted by Crippen LogP contribution is 2.34. The van der Waals surface area contributed by atoms with Crippen LogP contribution >= 0.6 is 22.7 Å². The van der Waals surface area contributed by atoms with E-state index in [0.29, 0.717) is 6.04 Å². The molecule has 0 fully saturated rings. The number of nitrogens with one attached hydrogen (secondary N) is 1. The van der Waals surface area contributed by atoms with Gasteiger partial charge in [-0.1, -0.05) is 27.7 Å². The lowest BCUT2D eigenvalue weighted by Gasteiger charge is -2.13. The summed E-state index contributed by atoms with van der Waals surface area (Å²) < 4.78 is 0. The first-order chi connectivity index (χ1) is 9.32. The van der Waals surface area contributed by atoms with E-state index in [1.54, 1.807) is 22.7 Å². The fraction of sp³-hybridized carbons (Fsp3) is 0.600. The number of aromatic nitrogens is 2. The maximum atomic E-state index is 4.76. The van der Waals surface area contributed by atoms with E-state index in [1.165, 1.54) is 9.88 Å². The quantitative estimate of drug-likeness (QED) is 0.901. The molecule has 0 spiro atoms. The van der Waals surface area contributed by atoms with Crippen molar-refractivity contribution in [2.45, 2.75) is 53.0 Å². The molecule has 3 nitrogen and oxygen atoms in total. The lowest BCUT2D eigenvalue weighted by atomic mass is 9.98. The first-order valence-electron chi connectivity index (χ1n) is 7.00. The third-order valence-electron chi connectivity index (χ3n) is 3.10. The van der Waals surface area contributed by atoms with Gasteiger partial charge in [0.15, 0.2) is 0 Å². The van der Waals surface area contributed by atoms with E-state index in [2.05, 4.69) is 52.2 Å². The number of nitrogens with zero attached hydrogens (tertiary/aromatic N) is 2. The Balaban J connectivity index is 2.30. The van der Waals surface area contributed by atoms with Gasteiger partial charge in [-0.15, -0.1) is 22.7 Å². The van der Waals surface area contributed by atoms with Crippen LogP contribution in [0.2, 0.25) is 0 Å². The van der Waals surface area contributed by atoms with Gasteiger partial charge in [0.05, 0.1) is 10.7 Å². The molecule has 0 bridgehead atoms. The van der Waals surface area contributed by atoms with Crippen molar-refractivity contribution >= 4 is 22.7 Å². The maximum Gasteiger partial charge on any atom is 0.143 e. The second kappa shape index (κ2) is 5.92. The lowest BCUT2D eigenvalue weighted by Crippen LogP contribution is -2.17. The molecule has 1 N–H and O–H groups in total. The van der Waals surface area contributed by atoms with E-state index < -0.39 is 0 Å². The van der Waals surface area contributed by atoms with Gasteiger partial charge in [0.25, 0.3) is 0 Å². The summed E-state index contributed by atoms with van der Waals surface area (Å²) in [7, 11) is 0. The Labute approximate surface area is 129 Å². The molecule has 2 heterocycles. The van der Waals surface area contributed by atoms with E-state index in [-0.39, 0.29) is 5.41 Å². The van der Waals surface area contributed by atoms with Crippen molar-refractivity contribution in [1.29, 1.82) is 0 Å². The van der Waals surface area contributed by atoms with Crippen molar-refractivity contribution < 1.29 is 0 Å². The SMILES string of the molecule is CCNC(C)c1sc(-c2csc(C(C)(C)C)n2)nc1C. The molecule has 0 aromatic carbocycles. The fourth-order valence-corrected chi connectivity index (χ4v) is 4.06. The number of aryl methyl sites for hydroxylation is 1. The van der Waals surface area contributed by atoms with Crippen molar-refractivity contribution in [3.63, 3.8) is 0 Å². The summed E-state index contributed by atoms with van der Waals surface area (Å²) in [4.78, 5) is 10.8. The summed E-state index contributed by atoms with van der Waals surface area (Å²) >= 11 is 3.48. The van der Waals surface area contributed by atoms with Crippen LogP contribution in [0.25, 0.3) is 10.7 Å². The standard InChI is InChI=1S/C15H23N3S2/c1-7-16-9(2)12-10(3)17-13(20-12)11-8-19-14(18-11)15(4,5)6/h8-9,16H,7H2,1-6H3. The molecule has 1 unspecified atom stereocenters. The fourth-order valence-electron chi connectivity index (χ4n) is 2.03. The molecule has 1 atom stereocenters. The summed E-state index contributed by atoms with van der Waals surface area (Å²) in [6.07, 6.45) is 0. The van der Waals surface area contributed by atoms with Crippen LogP contribution in [0, 0.1) is 6.92 Å². The molecule has 0 aliphatic rings. The molecule has 20 heavy (non-hydrogen) atoms. The van der Waals surface area contributed by atoms with Crippen LogP contribution in [0.15, 0.2) is 5.38 Å². The summed E-state index contributed by atoms with van der Waals surface area (Å²) in [6.45, 7) is 14.0. The Bertz CT molecular complexity index is 578. The summed E-state index contributed by atoms with van der Waals surface area (Å²) in [5.74, 6) is 0. The number of hydrogen-bond acceptors (Lipinski definition) is 5. The Morgan fingerprint density at radius 3 is 2.55 bits per heavy atom. The molecule has 0 aliphatic carbocycles. The van der Waals surface area contributed by atoms with Crippen molar-refractivity contribution in [1.82, 2.24) is 15.3 Å². The Hall–Kier alpha value is -0.780. The first kappa shape index (κ1) is 15.6. The molecule has 0 saturated heterocycles. The smallest absolute Gasteiger partial charge is 0.143 e. The highest BCUT2D eigenvalue weighted by Gasteiger charge is 2.21. The predicted octanol–water partition coefficient (Wildman–Crippen LogP) is 4.54. The minimum atomic E-state index is 0.106. The number of rotatable bonds is 4. The van der Waals surface area contributed by atoms with Crippen molar-refractivity contribution in [2.24, 2.45) is 0 Å². The molecule has 0 saturated carbocycles. The van der Waals surface area contributed by atoms with Gasteiger partial charge in [0.2, 0.25) is 0 Å². The molecule has 0 aliphatic heterocycles. The van der Waals surface area contributed by atoms with Gasteiger partial charge in [0, 0.05) is 21.7 Å². The normalized spacial score (nSPS) is 13.7. The molecule has 2 aromatic rings. The van der Waals surface area contributed by atoms with Gasteiger partial charge in [-0.2, -0.15) is 0 Å². The van der Waals surface area contributed by atoms with E-state index in [1.807, 2.05) is 0 Å².